The highest BCUT2D eigenvalue weighted by Crippen LogP contribution is 2.25. The van der Waals surface area contributed by atoms with Gasteiger partial charge in [0.05, 0.1) is 0 Å². The third-order valence-electron chi connectivity index (χ3n) is 2.62. The van der Waals surface area contributed by atoms with Crippen LogP contribution in [0.1, 0.15) is 39.7 Å². The molecule has 0 aliphatic heterocycles. The Hall–Kier alpha value is -1.02. The Balaban J connectivity index is 2.78. The van der Waals surface area contributed by atoms with E-state index in [1.165, 1.54) is 5.56 Å². The quantitative estimate of drug-likeness (QED) is 0.762. The zero-order valence-corrected chi connectivity index (χ0v) is 11.5. The summed E-state index contributed by atoms with van der Waals surface area (Å²) in [6.45, 7) is 8.33. The van der Waals surface area contributed by atoms with Gasteiger partial charge in [0.15, 0.2) is 6.10 Å². The van der Waals surface area contributed by atoms with Crippen LogP contribution in [0.5, 0.6) is 5.75 Å². The van der Waals surface area contributed by atoms with Crippen LogP contribution in [-0.2, 0) is 10.2 Å². The first-order valence-electron chi connectivity index (χ1n) is 5.81. The molecule has 17 heavy (non-hydrogen) atoms. The molecule has 0 fully saturated rings. The topological polar surface area (TPSA) is 26.3 Å². The Morgan fingerprint density at radius 2 is 1.82 bits per heavy atom. The van der Waals surface area contributed by atoms with E-state index in [0.29, 0.717) is 12.2 Å². The van der Waals surface area contributed by atoms with E-state index in [1.807, 2.05) is 31.2 Å². The van der Waals surface area contributed by atoms with Crippen LogP contribution in [0.15, 0.2) is 24.3 Å². The lowest BCUT2D eigenvalue weighted by atomic mass is 9.87. The van der Waals surface area contributed by atoms with Gasteiger partial charge in [0, 0.05) is 0 Å². The minimum absolute atomic E-state index is 0.116. The molecule has 94 valence electrons. The lowest BCUT2D eigenvalue weighted by molar-refractivity contribution is -0.117. The molecule has 2 nitrogen and oxygen atoms in total. The Bertz CT molecular complexity index is 376. The SMILES string of the molecule is CCC(Oc1ccc(C(C)(C)C)cc1)C(=O)Cl. The van der Waals surface area contributed by atoms with Crippen LogP contribution in [0.3, 0.4) is 0 Å². The molecule has 0 N–H and O–H groups in total. The highest BCUT2D eigenvalue weighted by molar-refractivity contribution is 6.64. The molecule has 0 amide bonds. The molecule has 3 heteroatoms. The van der Waals surface area contributed by atoms with E-state index in [9.17, 15) is 4.79 Å². The number of halogens is 1. The maximum atomic E-state index is 11.0. The molecule has 1 unspecified atom stereocenters. The second-order valence-corrected chi connectivity index (χ2v) is 5.47. The van der Waals surface area contributed by atoms with Gasteiger partial charge in [-0.3, -0.25) is 4.79 Å². The fraction of sp³-hybridized carbons (Fsp3) is 0.500. The summed E-state index contributed by atoms with van der Waals surface area (Å²) in [4.78, 5) is 11.0. The van der Waals surface area contributed by atoms with Crippen molar-refractivity contribution in [2.24, 2.45) is 0 Å². The molecule has 0 bridgehead atoms. The molecule has 0 aliphatic rings. The number of hydrogen-bond donors (Lipinski definition) is 0. The fourth-order valence-electron chi connectivity index (χ4n) is 1.49. The zero-order valence-electron chi connectivity index (χ0n) is 10.8. The van der Waals surface area contributed by atoms with Crippen LogP contribution in [-0.4, -0.2) is 11.3 Å². The summed E-state index contributed by atoms with van der Waals surface area (Å²) in [7, 11) is 0. The van der Waals surface area contributed by atoms with E-state index < -0.39 is 11.3 Å². The second kappa shape index (κ2) is 5.54. The third kappa shape index (κ3) is 4.04. The van der Waals surface area contributed by atoms with Crippen LogP contribution in [0.2, 0.25) is 0 Å². The molecule has 0 saturated heterocycles. The van der Waals surface area contributed by atoms with Crippen LogP contribution in [0.25, 0.3) is 0 Å². The number of hydrogen-bond acceptors (Lipinski definition) is 2. The van der Waals surface area contributed by atoms with Gasteiger partial charge in [0.1, 0.15) is 5.75 Å². The van der Waals surface area contributed by atoms with Gasteiger partial charge in [-0.2, -0.15) is 0 Å². The molecule has 0 aromatic heterocycles. The Morgan fingerprint density at radius 1 is 1.29 bits per heavy atom. The first-order valence-corrected chi connectivity index (χ1v) is 6.19. The standard InChI is InChI=1S/C14H19ClO2/c1-5-12(13(15)16)17-11-8-6-10(7-9-11)14(2,3)4/h6-9,12H,5H2,1-4H3. The molecule has 0 spiro atoms. The molecule has 1 aromatic carbocycles. The average molecular weight is 255 g/mol. The lowest BCUT2D eigenvalue weighted by Gasteiger charge is -2.20. The van der Waals surface area contributed by atoms with Gasteiger partial charge >= 0.3 is 0 Å². The van der Waals surface area contributed by atoms with Crippen LogP contribution < -0.4 is 4.74 Å². The first-order chi connectivity index (χ1) is 7.84. The summed E-state index contributed by atoms with van der Waals surface area (Å²) in [5.74, 6) is 0.679. The van der Waals surface area contributed by atoms with Gasteiger partial charge in [-0.05, 0) is 41.1 Å². The summed E-state index contributed by atoms with van der Waals surface area (Å²) in [5, 5.41) is -0.451. The Morgan fingerprint density at radius 3 is 2.18 bits per heavy atom. The summed E-state index contributed by atoms with van der Waals surface area (Å²) < 4.78 is 5.51. The normalized spacial score (nSPS) is 13.2. The predicted molar refractivity (Wildman–Crippen MR) is 70.7 cm³/mol. The summed E-state index contributed by atoms with van der Waals surface area (Å²) in [5.41, 5.74) is 1.35. The number of carbonyl (C=O) groups is 1. The lowest BCUT2D eigenvalue weighted by Crippen LogP contribution is -2.22. The average Bonchev–Trinajstić information content (AvgIpc) is 2.25. The smallest absolute Gasteiger partial charge is 0.262 e. The van der Waals surface area contributed by atoms with E-state index in [0.717, 1.165) is 0 Å². The molecular formula is C14H19ClO2. The van der Waals surface area contributed by atoms with E-state index in [2.05, 4.69) is 20.8 Å². The monoisotopic (exact) mass is 254 g/mol. The minimum Gasteiger partial charge on any atom is -0.481 e. The molecule has 0 aliphatic carbocycles. The molecular weight excluding hydrogens is 236 g/mol. The van der Waals surface area contributed by atoms with Crippen molar-refractivity contribution >= 4 is 16.8 Å². The molecule has 0 radical (unpaired) electrons. The van der Waals surface area contributed by atoms with Crippen LogP contribution >= 0.6 is 11.6 Å². The van der Waals surface area contributed by atoms with Crippen LogP contribution in [0, 0.1) is 0 Å². The molecule has 1 rings (SSSR count). The number of ether oxygens (including phenoxy) is 1. The summed E-state index contributed by atoms with van der Waals surface area (Å²) in [6, 6.07) is 7.79. The largest absolute Gasteiger partial charge is 0.481 e. The van der Waals surface area contributed by atoms with Crippen molar-refractivity contribution in [1.82, 2.24) is 0 Å². The maximum Gasteiger partial charge on any atom is 0.262 e. The Kier molecular flexibility index (Phi) is 4.58. The van der Waals surface area contributed by atoms with Gasteiger partial charge in [0.25, 0.3) is 5.24 Å². The molecule has 0 heterocycles. The van der Waals surface area contributed by atoms with Crippen LogP contribution in [0.4, 0.5) is 0 Å². The maximum absolute atomic E-state index is 11.0. The third-order valence-corrected chi connectivity index (χ3v) is 2.87. The van der Waals surface area contributed by atoms with E-state index in [-0.39, 0.29) is 5.41 Å². The first kappa shape index (κ1) is 14.0. The predicted octanol–water partition coefficient (Wildman–Crippen LogP) is 3.91. The van der Waals surface area contributed by atoms with E-state index in [4.69, 9.17) is 16.3 Å². The number of rotatable bonds is 4. The molecule has 0 saturated carbocycles. The van der Waals surface area contributed by atoms with Crippen molar-refractivity contribution < 1.29 is 9.53 Å². The fourth-order valence-corrected chi connectivity index (χ4v) is 1.69. The van der Waals surface area contributed by atoms with E-state index >= 15 is 0 Å². The highest BCUT2D eigenvalue weighted by atomic mass is 35.5. The number of benzene rings is 1. The van der Waals surface area contributed by atoms with Crippen molar-refractivity contribution in [3.05, 3.63) is 29.8 Å². The zero-order chi connectivity index (χ0) is 13.1. The van der Waals surface area contributed by atoms with Gasteiger partial charge in [-0.25, -0.2) is 0 Å². The van der Waals surface area contributed by atoms with Crippen molar-refractivity contribution in [3.63, 3.8) is 0 Å². The van der Waals surface area contributed by atoms with Gasteiger partial charge in [-0.15, -0.1) is 0 Å². The van der Waals surface area contributed by atoms with Gasteiger partial charge in [0.2, 0.25) is 0 Å². The highest BCUT2D eigenvalue weighted by Gasteiger charge is 2.17. The van der Waals surface area contributed by atoms with Crippen molar-refractivity contribution in [2.45, 2.75) is 45.6 Å². The van der Waals surface area contributed by atoms with Crippen molar-refractivity contribution in [1.29, 1.82) is 0 Å². The van der Waals surface area contributed by atoms with Gasteiger partial charge < -0.3 is 4.74 Å². The van der Waals surface area contributed by atoms with Crippen molar-refractivity contribution in [2.75, 3.05) is 0 Å². The van der Waals surface area contributed by atoms with Gasteiger partial charge in [-0.1, -0.05) is 39.8 Å². The second-order valence-electron chi connectivity index (χ2n) is 5.09. The Labute approximate surface area is 108 Å². The molecule has 1 aromatic rings. The summed E-state index contributed by atoms with van der Waals surface area (Å²) >= 11 is 5.43. The molecule has 1 atom stereocenters. The number of carbonyl (C=O) groups excluding carboxylic acids is 1. The minimum atomic E-state index is -0.558. The van der Waals surface area contributed by atoms with Crippen molar-refractivity contribution in [3.8, 4) is 5.75 Å². The van der Waals surface area contributed by atoms with E-state index in [1.54, 1.807) is 0 Å². The summed E-state index contributed by atoms with van der Waals surface area (Å²) in [6.07, 6.45) is 0.0146.